The number of fused-ring (bicyclic) bond motifs is 1. The molecule has 0 aliphatic carbocycles. The van der Waals surface area contributed by atoms with Gasteiger partial charge in [0.05, 0.1) is 11.1 Å². The molecule has 4 heteroatoms. The van der Waals surface area contributed by atoms with E-state index in [1.807, 2.05) is 6.07 Å². The fourth-order valence-electron chi connectivity index (χ4n) is 1.87. The molecule has 0 saturated carbocycles. The van der Waals surface area contributed by atoms with Crippen molar-refractivity contribution in [1.82, 2.24) is 10.2 Å². The van der Waals surface area contributed by atoms with E-state index in [-0.39, 0.29) is 0 Å². The SMILES string of the molecule is CC(C)Cc1[nH]nc2cccc(C(=O)O)c12. The summed E-state index contributed by atoms with van der Waals surface area (Å²) in [5, 5.41) is 16.9. The van der Waals surface area contributed by atoms with Crippen molar-refractivity contribution in [3.05, 3.63) is 29.5 Å². The Balaban J connectivity index is 2.63. The molecule has 0 saturated heterocycles. The van der Waals surface area contributed by atoms with Crippen LogP contribution in [-0.4, -0.2) is 21.3 Å². The van der Waals surface area contributed by atoms with Gasteiger partial charge in [-0.05, 0) is 24.5 Å². The lowest BCUT2D eigenvalue weighted by molar-refractivity contribution is 0.0699. The lowest BCUT2D eigenvalue weighted by atomic mass is 10.0. The van der Waals surface area contributed by atoms with Crippen molar-refractivity contribution in [3.63, 3.8) is 0 Å². The van der Waals surface area contributed by atoms with Crippen molar-refractivity contribution in [2.24, 2.45) is 5.92 Å². The van der Waals surface area contributed by atoms with Gasteiger partial charge in [-0.2, -0.15) is 5.10 Å². The predicted molar refractivity (Wildman–Crippen MR) is 61.6 cm³/mol. The van der Waals surface area contributed by atoms with Crippen molar-refractivity contribution in [3.8, 4) is 0 Å². The summed E-state index contributed by atoms with van der Waals surface area (Å²) >= 11 is 0. The molecule has 0 atom stereocenters. The molecule has 2 N–H and O–H groups in total. The third kappa shape index (κ3) is 1.78. The highest BCUT2D eigenvalue weighted by molar-refractivity contribution is 6.03. The van der Waals surface area contributed by atoms with Gasteiger partial charge in [-0.25, -0.2) is 4.79 Å². The van der Waals surface area contributed by atoms with Gasteiger partial charge in [0.1, 0.15) is 0 Å². The van der Waals surface area contributed by atoms with Crippen LogP contribution in [0.4, 0.5) is 0 Å². The summed E-state index contributed by atoms with van der Waals surface area (Å²) in [6.07, 6.45) is 0.806. The van der Waals surface area contributed by atoms with Gasteiger partial charge >= 0.3 is 5.97 Å². The number of carboxylic acids is 1. The van der Waals surface area contributed by atoms with Crippen LogP contribution in [0.2, 0.25) is 0 Å². The smallest absolute Gasteiger partial charge is 0.336 e. The van der Waals surface area contributed by atoms with Gasteiger partial charge in [0.25, 0.3) is 0 Å². The summed E-state index contributed by atoms with van der Waals surface area (Å²) in [5.74, 6) is -0.442. The summed E-state index contributed by atoms with van der Waals surface area (Å²) in [4.78, 5) is 11.1. The highest BCUT2D eigenvalue weighted by Crippen LogP contribution is 2.22. The van der Waals surface area contributed by atoms with Crippen LogP contribution in [0.5, 0.6) is 0 Å². The maximum atomic E-state index is 11.1. The Morgan fingerprint density at radius 2 is 2.25 bits per heavy atom. The van der Waals surface area contributed by atoms with Gasteiger partial charge in [0.15, 0.2) is 0 Å². The standard InChI is InChI=1S/C12H14N2O2/c1-7(2)6-10-11-8(12(15)16)4-3-5-9(11)13-14-10/h3-5,7H,6H2,1-2H3,(H,13,14)(H,15,16). The van der Waals surface area contributed by atoms with Crippen LogP contribution in [0.25, 0.3) is 10.9 Å². The van der Waals surface area contributed by atoms with Crippen LogP contribution in [0, 0.1) is 5.92 Å². The number of aromatic carboxylic acids is 1. The zero-order valence-corrected chi connectivity index (χ0v) is 9.32. The third-order valence-corrected chi connectivity index (χ3v) is 2.50. The summed E-state index contributed by atoms with van der Waals surface area (Å²) in [7, 11) is 0. The average Bonchev–Trinajstić information content (AvgIpc) is 2.60. The number of aromatic amines is 1. The first kappa shape index (κ1) is 10.7. The van der Waals surface area contributed by atoms with Crippen molar-refractivity contribution < 1.29 is 9.90 Å². The molecule has 0 fully saturated rings. The van der Waals surface area contributed by atoms with Crippen LogP contribution < -0.4 is 0 Å². The molecule has 16 heavy (non-hydrogen) atoms. The molecule has 0 unspecified atom stereocenters. The quantitative estimate of drug-likeness (QED) is 0.831. The maximum Gasteiger partial charge on any atom is 0.336 e. The molecule has 0 amide bonds. The van der Waals surface area contributed by atoms with Crippen molar-refractivity contribution in [2.75, 3.05) is 0 Å². The minimum Gasteiger partial charge on any atom is -0.478 e. The number of H-pyrrole nitrogens is 1. The minimum atomic E-state index is -0.906. The van der Waals surface area contributed by atoms with Crippen molar-refractivity contribution in [1.29, 1.82) is 0 Å². The Bertz CT molecular complexity index is 529. The second-order valence-corrected chi connectivity index (χ2v) is 4.30. The topological polar surface area (TPSA) is 66.0 Å². The monoisotopic (exact) mass is 218 g/mol. The summed E-state index contributed by atoms with van der Waals surface area (Å²) < 4.78 is 0. The van der Waals surface area contributed by atoms with Gasteiger partial charge in [-0.3, -0.25) is 5.10 Å². The van der Waals surface area contributed by atoms with E-state index >= 15 is 0 Å². The molecule has 1 aromatic carbocycles. The Hall–Kier alpha value is -1.84. The first-order valence-electron chi connectivity index (χ1n) is 5.29. The fourth-order valence-corrected chi connectivity index (χ4v) is 1.87. The van der Waals surface area contributed by atoms with E-state index in [2.05, 4.69) is 24.0 Å². The highest BCUT2D eigenvalue weighted by Gasteiger charge is 2.14. The molecule has 0 aliphatic rings. The van der Waals surface area contributed by atoms with E-state index in [1.54, 1.807) is 12.1 Å². The largest absolute Gasteiger partial charge is 0.478 e. The van der Waals surface area contributed by atoms with Crippen LogP contribution in [0.1, 0.15) is 29.9 Å². The van der Waals surface area contributed by atoms with Crippen LogP contribution in [0.3, 0.4) is 0 Å². The van der Waals surface area contributed by atoms with Crippen LogP contribution in [-0.2, 0) is 6.42 Å². The highest BCUT2D eigenvalue weighted by atomic mass is 16.4. The molecule has 0 aliphatic heterocycles. The fraction of sp³-hybridized carbons (Fsp3) is 0.333. The minimum absolute atomic E-state index is 0.321. The number of carbonyl (C=O) groups is 1. The Morgan fingerprint density at radius 3 is 2.88 bits per heavy atom. The summed E-state index contributed by atoms with van der Waals surface area (Å²) in [5.41, 5.74) is 1.94. The molecule has 2 aromatic rings. The van der Waals surface area contributed by atoms with E-state index in [9.17, 15) is 4.79 Å². The zero-order valence-electron chi connectivity index (χ0n) is 9.32. The number of benzene rings is 1. The van der Waals surface area contributed by atoms with Gasteiger partial charge in [-0.1, -0.05) is 19.9 Å². The molecule has 0 spiro atoms. The second-order valence-electron chi connectivity index (χ2n) is 4.30. The zero-order chi connectivity index (χ0) is 11.7. The molecule has 1 heterocycles. The van der Waals surface area contributed by atoms with Crippen LogP contribution >= 0.6 is 0 Å². The number of hydrogen-bond acceptors (Lipinski definition) is 2. The summed E-state index contributed by atoms with van der Waals surface area (Å²) in [6, 6.07) is 5.15. The molecule has 1 aromatic heterocycles. The molecule has 2 rings (SSSR count). The molecular formula is C12H14N2O2. The normalized spacial score (nSPS) is 11.2. The lowest BCUT2D eigenvalue weighted by Gasteiger charge is -2.03. The van der Waals surface area contributed by atoms with E-state index in [1.165, 1.54) is 0 Å². The Labute approximate surface area is 93.3 Å². The number of rotatable bonds is 3. The Morgan fingerprint density at radius 1 is 1.50 bits per heavy atom. The first-order valence-corrected chi connectivity index (χ1v) is 5.29. The predicted octanol–water partition coefficient (Wildman–Crippen LogP) is 2.46. The average molecular weight is 218 g/mol. The molecular weight excluding hydrogens is 204 g/mol. The number of aromatic nitrogens is 2. The first-order chi connectivity index (χ1) is 7.59. The van der Waals surface area contributed by atoms with Gasteiger partial charge in [0, 0.05) is 11.1 Å². The molecule has 4 nitrogen and oxygen atoms in total. The van der Waals surface area contributed by atoms with Crippen molar-refractivity contribution >= 4 is 16.9 Å². The third-order valence-electron chi connectivity index (χ3n) is 2.50. The molecule has 0 bridgehead atoms. The van der Waals surface area contributed by atoms with E-state index in [0.717, 1.165) is 23.0 Å². The maximum absolute atomic E-state index is 11.1. The number of nitrogens with zero attached hydrogens (tertiary/aromatic N) is 1. The van der Waals surface area contributed by atoms with Crippen LogP contribution in [0.15, 0.2) is 18.2 Å². The lowest BCUT2D eigenvalue weighted by Crippen LogP contribution is -2.00. The van der Waals surface area contributed by atoms with Gasteiger partial charge in [0.2, 0.25) is 0 Å². The van der Waals surface area contributed by atoms with E-state index in [0.29, 0.717) is 11.5 Å². The number of hydrogen-bond donors (Lipinski definition) is 2. The van der Waals surface area contributed by atoms with E-state index < -0.39 is 5.97 Å². The second kappa shape index (κ2) is 3.96. The van der Waals surface area contributed by atoms with Gasteiger partial charge in [-0.15, -0.1) is 0 Å². The van der Waals surface area contributed by atoms with Crippen molar-refractivity contribution in [2.45, 2.75) is 20.3 Å². The summed E-state index contributed by atoms with van der Waals surface area (Å²) in [6.45, 7) is 4.19. The number of nitrogens with one attached hydrogen (secondary N) is 1. The van der Waals surface area contributed by atoms with E-state index in [4.69, 9.17) is 5.11 Å². The Kier molecular flexibility index (Phi) is 2.64. The number of carboxylic acid groups (broad SMARTS) is 1. The molecule has 84 valence electrons. The molecule has 0 radical (unpaired) electrons. The van der Waals surface area contributed by atoms with Gasteiger partial charge < -0.3 is 5.11 Å².